The highest BCUT2D eigenvalue weighted by molar-refractivity contribution is 5.78. The van der Waals surface area contributed by atoms with Gasteiger partial charge in [0.05, 0.1) is 5.56 Å². The number of carbonyl (C=O) groups excluding carboxylic acids is 1. The Morgan fingerprint density at radius 3 is 2.68 bits per heavy atom. The minimum Gasteiger partial charge on any atom is -0.481 e. The van der Waals surface area contributed by atoms with E-state index in [1.165, 1.54) is 12.1 Å². The van der Waals surface area contributed by atoms with Crippen molar-refractivity contribution in [3.8, 4) is 11.8 Å². The monoisotopic (exact) mass is 340 g/mol. The highest BCUT2D eigenvalue weighted by Gasteiger charge is 2.23. The van der Waals surface area contributed by atoms with Crippen molar-refractivity contribution in [2.24, 2.45) is 0 Å². The Balaban J connectivity index is 1.54. The Morgan fingerprint density at radius 1 is 1.20 bits per heavy atom. The van der Waals surface area contributed by atoms with Gasteiger partial charge in [-0.2, -0.15) is 5.26 Å². The molecule has 0 atom stereocenters. The number of rotatable bonds is 4. The number of ether oxygens (including phenoxy) is 1. The van der Waals surface area contributed by atoms with E-state index in [0.29, 0.717) is 37.6 Å². The lowest BCUT2D eigenvalue weighted by atomic mass is 10.2. The van der Waals surface area contributed by atoms with Gasteiger partial charge < -0.3 is 14.5 Å². The highest BCUT2D eigenvalue weighted by atomic mass is 19.1. The van der Waals surface area contributed by atoms with E-state index in [4.69, 9.17) is 10.00 Å². The lowest BCUT2D eigenvalue weighted by molar-refractivity contribution is -0.133. The van der Waals surface area contributed by atoms with Crippen LogP contribution in [-0.2, 0) is 4.79 Å². The summed E-state index contributed by atoms with van der Waals surface area (Å²) in [4.78, 5) is 20.2. The molecule has 128 valence electrons. The van der Waals surface area contributed by atoms with E-state index in [1.807, 2.05) is 4.90 Å². The van der Waals surface area contributed by atoms with Crippen LogP contribution < -0.4 is 9.64 Å². The van der Waals surface area contributed by atoms with Crippen molar-refractivity contribution >= 4 is 11.7 Å². The van der Waals surface area contributed by atoms with Crippen LogP contribution in [0.5, 0.6) is 5.75 Å². The van der Waals surface area contributed by atoms with Gasteiger partial charge in [0.2, 0.25) is 0 Å². The van der Waals surface area contributed by atoms with Crippen LogP contribution in [0.2, 0.25) is 0 Å². The molecule has 0 bridgehead atoms. The average molecular weight is 340 g/mol. The lowest BCUT2D eigenvalue weighted by Crippen LogP contribution is -2.50. The van der Waals surface area contributed by atoms with Crippen LogP contribution >= 0.6 is 0 Å². The molecule has 1 amide bonds. The Labute approximate surface area is 145 Å². The second kappa shape index (κ2) is 7.62. The molecule has 1 fully saturated rings. The molecular weight excluding hydrogens is 323 g/mol. The molecule has 1 aliphatic heterocycles. The lowest BCUT2D eigenvalue weighted by Gasteiger charge is -2.35. The van der Waals surface area contributed by atoms with E-state index in [-0.39, 0.29) is 18.3 Å². The molecule has 1 aromatic heterocycles. The largest absolute Gasteiger partial charge is 0.481 e. The molecule has 0 saturated carbocycles. The van der Waals surface area contributed by atoms with Crippen molar-refractivity contribution in [2.45, 2.75) is 0 Å². The van der Waals surface area contributed by atoms with Crippen LogP contribution in [0, 0.1) is 17.1 Å². The van der Waals surface area contributed by atoms with Crippen molar-refractivity contribution in [3.63, 3.8) is 0 Å². The van der Waals surface area contributed by atoms with E-state index in [9.17, 15) is 9.18 Å². The fraction of sp³-hybridized carbons (Fsp3) is 0.278. The third kappa shape index (κ3) is 3.86. The first-order chi connectivity index (χ1) is 12.2. The first-order valence-corrected chi connectivity index (χ1v) is 7.94. The van der Waals surface area contributed by atoms with Crippen LogP contribution in [0.4, 0.5) is 10.2 Å². The SMILES string of the molecule is N#Cc1cccnc1N1CCN(C(=O)COc2ccccc2F)CC1. The summed E-state index contributed by atoms with van der Waals surface area (Å²) < 4.78 is 18.8. The second-order valence-electron chi connectivity index (χ2n) is 5.57. The fourth-order valence-electron chi connectivity index (χ4n) is 2.70. The van der Waals surface area contributed by atoms with Gasteiger partial charge in [-0.05, 0) is 24.3 Å². The molecular formula is C18H17FN4O2. The standard InChI is InChI=1S/C18H17FN4O2/c19-15-5-1-2-6-16(15)25-13-17(24)22-8-10-23(11-9-22)18-14(12-20)4-3-7-21-18/h1-7H,8-11,13H2. The molecule has 0 radical (unpaired) electrons. The summed E-state index contributed by atoms with van der Waals surface area (Å²) in [6, 6.07) is 11.6. The van der Waals surface area contributed by atoms with Gasteiger partial charge in [0.15, 0.2) is 18.2 Å². The Morgan fingerprint density at radius 2 is 1.96 bits per heavy atom. The quantitative estimate of drug-likeness (QED) is 0.849. The number of pyridine rings is 1. The van der Waals surface area contributed by atoms with Gasteiger partial charge in [-0.15, -0.1) is 0 Å². The number of amides is 1. The second-order valence-corrected chi connectivity index (χ2v) is 5.57. The zero-order chi connectivity index (χ0) is 17.6. The summed E-state index contributed by atoms with van der Waals surface area (Å²) in [6.45, 7) is 1.96. The zero-order valence-corrected chi connectivity index (χ0v) is 13.6. The predicted octanol–water partition coefficient (Wildman–Crippen LogP) is 1.82. The molecule has 0 spiro atoms. The summed E-state index contributed by atoms with van der Waals surface area (Å²) in [5.41, 5.74) is 0.519. The maximum atomic E-state index is 13.5. The fourth-order valence-corrected chi connectivity index (χ4v) is 2.70. The molecule has 0 unspecified atom stereocenters. The van der Waals surface area contributed by atoms with Crippen molar-refractivity contribution in [1.29, 1.82) is 5.26 Å². The number of anilines is 1. The predicted molar refractivity (Wildman–Crippen MR) is 89.6 cm³/mol. The van der Waals surface area contributed by atoms with Crippen molar-refractivity contribution in [2.75, 3.05) is 37.7 Å². The number of benzene rings is 1. The normalized spacial score (nSPS) is 14.1. The topological polar surface area (TPSA) is 69.5 Å². The minimum absolute atomic E-state index is 0.0710. The van der Waals surface area contributed by atoms with Gasteiger partial charge >= 0.3 is 0 Å². The van der Waals surface area contributed by atoms with E-state index < -0.39 is 5.82 Å². The molecule has 1 aliphatic rings. The van der Waals surface area contributed by atoms with Crippen LogP contribution in [-0.4, -0.2) is 48.6 Å². The van der Waals surface area contributed by atoms with Crippen LogP contribution in [0.25, 0.3) is 0 Å². The summed E-state index contributed by atoms with van der Waals surface area (Å²) in [5.74, 6) is 0.0325. The minimum atomic E-state index is -0.487. The summed E-state index contributed by atoms with van der Waals surface area (Å²) in [7, 11) is 0. The molecule has 2 heterocycles. The number of aromatic nitrogens is 1. The molecule has 3 rings (SSSR count). The van der Waals surface area contributed by atoms with Gasteiger partial charge in [0.25, 0.3) is 5.91 Å². The smallest absolute Gasteiger partial charge is 0.260 e. The number of piperazine rings is 1. The first kappa shape index (κ1) is 16.7. The molecule has 6 nitrogen and oxygen atoms in total. The number of nitriles is 1. The number of halogens is 1. The molecule has 7 heteroatoms. The van der Waals surface area contributed by atoms with Gasteiger partial charge in [0.1, 0.15) is 11.9 Å². The number of carbonyl (C=O) groups is 1. The van der Waals surface area contributed by atoms with Crippen LogP contribution in [0.1, 0.15) is 5.56 Å². The molecule has 1 saturated heterocycles. The Hall–Kier alpha value is -3.14. The third-order valence-corrected chi connectivity index (χ3v) is 4.03. The van der Waals surface area contributed by atoms with E-state index >= 15 is 0 Å². The number of para-hydroxylation sites is 1. The zero-order valence-electron chi connectivity index (χ0n) is 13.6. The third-order valence-electron chi connectivity index (χ3n) is 4.03. The number of nitrogens with zero attached hydrogens (tertiary/aromatic N) is 4. The Kier molecular flexibility index (Phi) is 5.09. The average Bonchev–Trinajstić information content (AvgIpc) is 2.67. The van der Waals surface area contributed by atoms with E-state index in [2.05, 4.69) is 11.1 Å². The first-order valence-electron chi connectivity index (χ1n) is 7.94. The molecule has 25 heavy (non-hydrogen) atoms. The van der Waals surface area contributed by atoms with Crippen molar-refractivity contribution in [3.05, 3.63) is 54.0 Å². The molecule has 0 aliphatic carbocycles. The molecule has 0 N–H and O–H groups in total. The van der Waals surface area contributed by atoms with Gasteiger partial charge in [-0.1, -0.05) is 12.1 Å². The maximum Gasteiger partial charge on any atom is 0.260 e. The maximum absolute atomic E-state index is 13.5. The van der Waals surface area contributed by atoms with Crippen molar-refractivity contribution < 1.29 is 13.9 Å². The summed E-state index contributed by atoms with van der Waals surface area (Å²) in [6.07, 6.45) is 1.65. The molecule has 2 aromatic rings. The van der Waals surface area contributed by atoms with Crippen LogP contribution in [0.3, 0.4) is 0 Å². The van der Waals surface area contributed by atoms with Gasteiger partial charge in [-0.3, -0.25) is 4.79 Å². The number of hydrogen-bond donors (Lipinski definition) is 0. The van der Waals surface area contributed by atoms with Crippen LogP contribution in [0.15, 0.2) is 42.6 Å². The summed E-state index contributed by atoms with van der Waals surface area (Å²) in [5, 5.41) is 9.16. The van der Waals surface area contributed by atoms with Gasteiger partial charge in [0, 0.05) is 32.4 Å². The van der Waals surface area contributed by atoms with E-state index in [0.717, 1.165) is 0 Å². The summed E-state index contributed by atoms with van der Waals surface area (Å²) >= 11 is 0. The van der Waals surface area contributed by atoms with E-state index in [1.54, 1.807) is 35.4 Å². The molecule has 1 aromatic carbocycles. The number of hydrogen-bond acceptors (Lipinski definition) is 5. The highest BCUT2D eigenvalue weighted by Crippen LogP contribution is 2.19. The Bertz CT molecular complexity index is 798. The van der Waals surface area contributed by atoms with Gasteiger partial charge in [-0.25, -0.2) is 9.37 Å². The van der Waals surface area contributed by atoms with Crippen molar-refractivity contribution in [1.82, 2.24) is 9.88 Å².